The molecule has 0 atom stereocenters. The molecule has 3 aromatic rings. The maximum Gasteiger partial charge on any atom is 0.315 e. The summed E-state index contributed by atoms with van der Waals surface area (Å²) >= 11 is 0. The lowest BCUT2D eigenvalue weighted by atomic mass is 9.96. The first-order valence-corrected chi connectivity index (χ1v) is 11.7. The number of pyridine rings is 1. The third-order valence-corrected chi connectivity index (χ3v) is 6.25. The molecule has 1 aromatic carbocycles. The van der Waals surface area contributed by atoms with Gasteiger partial charge in [-0.3, -0.25) is 0 Å². The van der Waals surface area contributed by atoms with E-state index >= 15 is 0 Å². The first-order valence-electron chi connectivity index (χ1n) is 11.7. The van der Waals surface area contributed by atoms with Crippen molar-refractivity contribution in [3.05, 3.63) is 30.1 Å². The molecule has 0 unspecified atom stereocenters. The number of anilines is 1. The number of carbonyl (C=O) groups excluding carboxylic acids is 1. The Morgan fingerprint density at radius 2 is 2.03 bits per heavy atom. The van der Waals surface area contributed by atoms with Gasteiger partial charge in [-0.2, -0.15) is 0 Å². The van der Waals surface area contributed by atoms with Gasteiger partial charge >= 0.3 is 6.03 Å². The van der Waals surface area contributed by atoms with E-state index in [1.807, 2.05) is 18.2 Å². The first-order chi connectivity index (χ1) is 15.7. The molecule has 8 nitrogen and oxygen atoms in total. The molecule has 32 heavy (non-hydrogen) atoms. The Kier molecular flexibility index (Phi) is 7.42. The first kappa shape index (κ1) is 22.3. The average Bonchev–Trinajstić information content (AvgIpc) is 3.17. The molecule has 2 amide bonds. The van der Waals surface area contributed by atoms with E-state index in [0.717, 1.165) is 60.0 Å². The number of nitrogens with two attached hydrogens (primary N) is 1. The summed E-state index contributed by atoms with van der Waals surface area (Å²) in [6, 6.07) is 8.32. The lowest BCUT2D eigenvalue weighted by molar-refractivity contribution is 0.199. The highest BCUT2D eigenvalue weighted by Crippen LogP contribution is 2.29. The van der Waals surface area contributed by atoms with Gasteiger partial charge in [0.05, 0.1) is 17.6 Å². The summed E-state index contributed by atoms with van der Waals surface area (Å²) in [5.41, 5.74) is 8.90. The van der Waals surface area contributed by atoms with Crippen LogP contribution in [0.25, 0.3) is 21.9 Å². The molecule has 0 aliphatic heterocycles. The molecule has 4 N–H and O–H groups in total. The third kappa shape index (κ3) is 5.12. The summed E-state index contributed by atoms with van der Waals surface area (Å²) < 4.78 is 7.54. The Morgan fingerprint density at radius 3 is 2.84 bits per heavy atom. The minimum absolute atomic E-state index is 0. The number of nitrogen functional groups attached to an aromatic ring is 1. The number of amides is 2. The van der Waals surface area contributed by atoms with Crippen molar-refractivity contribution in [3.63, 3.8) is 0 Å². The number of urea groups is 1. The van der Waals surface area contributed by atoms with Crippen molar-refractivity contribution >= 4 is 33.8 Å². The monoisotopic (exact) mass is 442 g/mol. The predicted octanol–water partition coefficient (Wildman–Crippen LogP) is 4.26. The Labute approximate surface area is 191 Å². The van der Waals surface area contributed by atoms with E-state index in [1.165, 1.54) is 19.3 Å². The van der Waals surface area contributed by atoms with E-state index < -0.39 is 0 Å². The van der Waals surface area contributed by atoms with Crippen LogP contribution in [0.5, 0.6) is 0 Å². The molecule has 1 aliphatic carbocycles. The van der Waals surface area contributed by atoms with Gasteiger partial charge in [0.15, 0.2) is 5.82 Å². The van der Waals surface area contributed by atoms with Gasteiger partial charge in [0, 0.05) is 40.9 Å². The lowest BCUT2D eigenvalue weighted by Crippen LogP contribution is -2.43. The molecule has 1 saturated carbocycles. The van der Waals surface area contributed by atoms with Crippen LogP contribution < -0.4 is 16.4 Å². The van der Waals surface area contributed by atoms with Crippen molar-refractivity contribution in [2.45, 2.75) is 64.0 Å². The molecule has 0 bridgehead atoms. The number of para-hydroxylation sites is 1. The zero-order chi connectivity index (χ0) is 22.3. The van der Waals surface area contributed by atoms with Crippen molar-refractivity contribution in [1.29, 1.82) is 0 Å². The summed E-state index contributed by atoms with van der Waals surface area (Å²) in [5, 5.41) is 7.17. The van der Waals surface area contributed by atoms with E-state index in [9.17, 15) is 4.79 Å². The van der Waals surface area contributed by atoms with Crippen LogP contribution >= 0.6 is 0 Å². The molecule has 0 radical (unpaired) electrons. The molecule has 0 saturated heterocycles. The van der Waals surface area contributed by atoms with Crippen LogP contribution in [-0.4, -0.2) is 46.9 Å². The minimum Gasteiger partial charge on any atom is -0.384 e. The predicted molar refractivity (Wildman–Crippen MR) is 132 cm³/mol. The molecule has 1 aliphatic rings. The number of unbranched alkanes of at least 4 members (excludes halogenated alkanes) is 1. The fraction of sp³-hybridized carbons (Fsp3) is 0.542. The zero-order valence-corrected chi connectivity index (χ0v) is 18.9. The molecule has 0 spiro atoms. The van der Waals surface area contributed by atoms with Crippen molar-refractivity contribution in [2.24, 2.45) is 0 Å². The number of imidazole rings is 1. The second-order valence-corrected chi connectivity index (χ2v) is 8.58. The van der Waals surface area contributed by atoms with Crippen LogP contribution in [0.4, 0.5) is 10.6 Å². The normalized spacial score (nSPS) is 14.8. The van der Waals surface area contributed by atoms with Crippen molar-refractivity contribution in [1.82, 2.24) is 25.2 Å². The Hall–Kier alpha value is -2.87. The topological polar surface area (TPSA) is 107 Å². The molecule has 2 aromatic heterocycles. The van der Waals surface area contributed by atoms with Crippen LogP contribution in [0.3, 0.4) is 0 Å². The Balaban J connectivity index is 0.00000204. The second-order valence-electron chi connectivity index (χ2n) is 8.58. The number of rotatable bonds is 9. The average molecular weight is 443 g/mol. The smallest absolute Gasteiger partial charge is 0.315 e. The molecule has 8 heteroatoms. The highest BCUT2D eigenvalue weighted by Gasteiger charge is 2.17. The van der Waals surface area contributed by atoms with E-state index in [4.69, 9.17) is 15.5 Å². The van der Waals surface area contributed by atoms with Crippen LogP contribution in [0, 0.1) is 0 Å². The van der Waals surface area contributed by atoms with Gasteiger partial charge in [-0.05, 0) is 31.7 Å². The number of hydrogen-bond acceptors (Lipinski definition) is 5. The van der Waals surface area contributed by atoms with E-state index in [2.05, 4.69) is 26.3 Å². The number of carbonyl (C=O) groups is 1. The number of aryl methyl sites for hydroxylation is 1. The van der Waals surface area contributed by atoms with Gasteiger partial charge in [0.25, 0.3) is 0 Å². The summed E-state index contributed by atoms with van der Waals surface area (Å²) in [5.74, 6) is 1.41. The fourth-order valence-electron chi connectivity index (χ4n) is 4.61. The molecule has 4 rings (SSSR count). The van der Waals surface area contributed by atoms with Crippen LogP contribution in [0.15, 0.2) is 24.3 Å². The van der Waals surface area contributed by atoms with Crippen LogP contribution in [-0.2, 0) is 17.7 Å². The molecule has 1 fully saturated rings. The number of aromatic nitrogens is 3. The maximum absolute atomic E-state index is 12.2. The quantitative estimate of drug-likeness (QED) is 0.429. The molecule has 2 heterocycles. The van der Waals surface area contributed by atoms with Crippen LogP contribution in [0.2, 0.25) is 0 Å². The van der Waals surface area contributed by atoms with Gasteiger partial charge in [0.1, 0.15) is 11.3 Å². The van der Waals surface area contributed by atoms with Gasteiger partial charge < -0.3 is 25.7 Å². The largest absolute Gasteiger partial charge is 0.384 e. The molecule has 176 valence electrons. The number of ether oxygens (including phenoxy) is 1. The number of benzene rings is 1. The van der Waals surface area contributed by atoms with Crippen molar-refractivity contribution < 1.29 is 12.4 Å². The van der Waals surface area contributed by atoms with Crippen molar-refractivity contribution in [3.8, 4) is 0 Å². The summed E-state index contributed by atoms with van der Waals surface area (Å²) in [4.78, 5) is 21.5. The van der Waals surface area contributed by atoms with Gasteiger partial charge in [0.2, 0.25) is 0 Å². The standard InChI is InChI=1S/C24H34N6O2.2H2/c1-32-16-13-20-29-21-22(18-11-5-6-12-19(18)28-23(21)25)30(20)15-8-7-14-26-24(31)27-17-9-3-2-4-10-17;;/h5-6,11-12,17H,2-4,7-10,13-16H2,1H3,(H2,25,28)(H2,26,27,31);2*1H. The second kappa shape index (κ2) is 10.6. The molecular formula is C24H38N6O2. The van der Waals surface area contributed by atoms with E-state index in [1.54, 1.807) is 7.11 Å². The Bertz CT molecular complexity index is 1070. The zero-order valence-electron chi connectivity index (χ0n) is 18.9. The molecular weight excluding hydrogens is 404 g/mol. The lowest BCUT2D eigenvalue weighted by Gasteiger charge is -2.22. The van der Waals surface area contributed by atoms with Crippen molar-refractivity contribution in [2.75, 3.05) is 26.0 Å². The Morgan fingerprint density at radius 1 is 1.22 bits per heavy atom. The number of nitrogens with zero attached hydrogens (tertiary/aromatic N) is 3. The summed E-state index contributed by atoms with van der Waals surface area (Å²) in [6.45, 7) is 2.05. The number of fused-ring (bicyclic) bond motifs is 3. The summed E-state index contributed by atoms with van der Waals surface area (Å²) in [7, 11) is 1.70. The minimum atomic E-state index is -0.0457. The number of nitrogens with one attached hydrogen (secondary N) is 2. The van der Waals surface area contributed by atoms with Gasteiger partial charge in [-0.25, -0.2) is 14.8 Å². The SMILES string of the molecule is COCCc1nc2c(N)nc3ccccc3c2n1CCCCNC(=O)NC1CCCCC1.[HH].[HH]. The third-order valence-electron chi connectivity index (χ3n) is 6.25. The summed E-state index contributed by atoms with van der Waals surface area (Å²) in [6.07, 6.45) is 8.42. The highest BCUT2D eigenvalue weighted by molar-refractivity contribution is 6.06. The van der Waals surface area contributed by atoms with E-state index in [-0.39, 0.29) is 8.88 Å². The van der Waals surface area contributed by atoms with Gasteiger partial charge in [-0.15, -0.1) is 0 Å². The number of hydrogen-bond donors (Lipinski definition) is 3. The van der Waals surface area contributed by atoms with E-state index in [0.29, 0.717) is 31.4 Å². The van der Waals surface area contributed by atoms with Crippen LogP contribution in [0.1, 0.15) is 53.6 Å². The number of methoxy groups -OCH3 is 1. The highest BCUT2D eigenvalue weighted by atomic mass is 16.5. The van der Waals surface area contributed by atoms with Gasteiger partial charge in [-0.1, -0.05) is 37.5 Å². The maximum atomic E-state index is 12.2. The fourth-order valence-corrected chi connectivity index (χ4v) is 4.61.